The van der Waals surface area contributed by atoms with Crippen molar-refractivity contribution in [3.63, 3.8) is 0 Å². The zero-order valence-electron chi connectivity index (χ0n) is 5.94. The van der Waals surface area contributed by atoms with Gasteiger partial charge in [0.1, 0.15) is 0 Å². The number of rotatable bonds is 1. The van der Waals surface area contributed by atoms with Crippen LogP contribution in [0.15, 0.2) is 46.2 Å². The molecular formula is C9H8NS. The van der Waals surface area contributed by atoms with E-state index in [2.05, 4.69) is 34.1 Å². The first-order valence-corrected chi connectivity index (χ1v) is 4.91. The molecule has 1 aromatic heterocycles. The Morgan fingerprint density at radius 1 is 1.27 bits per heavy atom. The fourth-order valence-electron chi connectivity index (χ4n) is 0.949. The van der Waals surface area contributed by atoms with Crippen molar-refractivity contribution in [3.05, 3.63) is 47.4 Å². The molecule has 2 heterocycles. The van der Waals surface area contributed by atoms with Crippen molar-refractivity contribution in [1.82, 2.24) is 4.98 Å². The highest BCUT2D eigenvalue weighted by molar-refractivity contribution is 8.22. The monoisotopic (exact) mass is 162 g/mol. The number of thiol groups is 1. The molecule has 0 N–H and O–H groups in total. The maximum absolute atomic E-state index is 4.16. The molecule has 2 heteroatoms. The molecule has 1 nitrogen and oxygen atoms in total. The second-order valence-corrected chi connectivity index (χ2v) is 4.08. The van der Waals surface area contributed by atoms with Crippen molar-refractivity contribution >= 4 is 10.9 Å². The second kappa shape index (κ2) is 2.93. The minimum atomic E-state index is -0.244. The lowest BCUT2D eigenvalue weighted by Gasteiger charge is -2.06. The summed E-state index contributed by atoms with van der Waals surface area (Å²) in [6, 6.07) is 5.84. The van der Waals surface area contributed by atoms with Gasteiger partial charge in [0.25, 0.3) is 0 Å². The number of pyridine rings is 1. The molecule has 1 aliphatic heterocycles. The largest absolute Gasteiger partial charge is 0.241 e. The van der Waals surface area contributed by atoms with Gasteiger partial charge in [0.15, 0.2) is 0 Å². The van der Waals surface area contributed by atoms with Crippen LogP contribution in [0.25, 0.3) is 0 Å². The van der Waals surface area contributed by atoms with Gasteiger partial charge in [-0.3, -0.25) is 0 Å². The Morgan fingerprint density at radius 2 is 2.09 bits per heavy atom. The summed E-state index contributed by atoms with van der Waals surface area (Å²) < 4.78 is 0. The maximum atomic E-state index is 4.16. The van der Waals surface area contributed by atoms with E-state index < -0.39 is 0 Å². The van der Waals surface area contributed by atoms with Gasteiger partial charge in [-0.2, -0.15) is 10.9 Å². The lowest BCUT2D eigenvalue weighted by molar-refractivity contribution is 1.13. The molecule has 0 spiro atoms. The zero-order chi connectivity index (χ0) is 7.52. The first kappa shape index (κ1) is 6.68. The van der Waals surface area contributed by atoms with E-state index in [1.165, 1.54) is 0 Å². The van der Waals surface area contributed by atoms with E-state index in [1.807, 2.05) is 18.2 Å². The molecule has 0 atom stereocenters. The van der Waals surface area contributed by atoms with Crippen molar-refractivity contribution in [3.8, 4) is 0 Å². The molecule has 0 aromatic carbocycles. The normalized spacial score (nSPS) is 17.6. The van der Waals surface area contributed by atoms with E-state index in [4.69, 9.17) is 0 Å². The van der Waals surface area contributed by atoms with Crippen molar-refractivity contribution < 1.29 is 0 Å². The van der Waals surface area contributed by atoms with E-state index in [0.717, 1.165) is 5.03 Å². The Morgan fingerprint density at radius 3 is 2.73 bits per heavy atom. The summed E-state index contributed by atoms with van der Waals surface area (Å²) >= 11 is 0. The average molecular weight is 162 g/mol. The van der Waals surface area contributed by atoms with Crippen LogP contribution in [-0.2, 0) is 0 Å². The van der Waals surface area contributed by atoms with Gasteiger partial charge in [0.2, 0.25) is 0 Å². The minimum absolute atomic E-state index is 0.244. The summed E-state index contributed by atoms with van der Waals surface area (Å²) in [5.74, 6) is 0. The summed E-state index contributed by atoms with van der Waals surface area (Å²) in [7, 11) is -0.244. The average Bonchev–Trinajstić information content (AvgIpc) is 2.58. The molecular weight excluding hydrogens is 154 g/mol. The van der Waals surface area contributed by atoms with Crippen molar-refractivity contribution in [1.29, 1.82) is 0 Å². The molecule has 55 valence electrons. The second-order valence-electron chi connectivity index (χ2n) is 2.22. The Kier molecular flexibility index (Phi) is 1.78. The molecule has 1 radical (unpaired) electrons. The number of allylic oxidation sites excluding steroid dienone is 2. The van der Waals surface area contributed by atoms with E-state index in [0.29, 0.717) is 0 Å². The van der Waals surface area contributed by atoms with E-state index in [1.54, 1.807) is 0 Å². The Bertz CT molecular complexity index is 278. The van der Waals surface area contributed by atoms with Gasteiger partial charge in [-0.05, 0) is 22.9 Å². The van der Waals surface area contributed by atoms with Gasteiger partial charge in [0, 0.05) is 0 Å². The van der Waals surface area contributed by atoms with E-state index in [-0.39, 0.29) is 10.9 Å². The van der Waals surface area contributed by atoms with Crippen molar-refractivity contribution in [2.75, 3.05) is 0 Å². The topological polar surface area (TPSA) is 12.9 Å². The molecule has 0 bridgehead atoms. The Labute approximate surface area is 68.8 Å². The SMILES string of the molecule is [c]1cccc([SH]2C=CC=C2)n1. The third-order valence-corrected chi connectivity index (χ3v) is 3.23. The maximum Gasteiger partial charge on any atom is 0.0899 e. The molecule has 0 fully saturated rings. The van der Waals surface area contributed by atoms with Crippen LogP contribution in [0.1, 0.15) is 0 Å². The van der Waals surface area contributed by atoms with Crippen molar-refractivity contribution in [2.45, 2.75) is 5.03 Å². The minimum Gasteiger partial charge on any atom is -0.241 e. The number of hydrogen-bond acceptors (Lipinski definition) is 1. The fraction of sp³-hybridized carbons (Fsp3) is 0. The summed E-state index contributed by atoms with van der Waals surface area (Å²) in [6.07, 6.45) is 6.98. The molecule has 1 aromatic rings. The fourth-order valence-corrected chi connectivity index (χ4v) is 2.35. The van der Waals surface area contributed by atoms with Crippen LogP contribution in [-0.4, -0.2) is 4.98 Å². The Hall–Kier alpha value is -1.02. The standard InChI is InChI=1S/C9H8NS/c1-2-6-10-9(5-1)11-7-3-4-8-11/h1-5,7-8,11H. The molecule has 0 saturated carbocycles. The third kappa shape index (κ3) is 1.35. The smallest absolute Gasteiger partial charge is 0.0899 e. The van der Waals surface area contributed by atoms with Crippen molar-refractivity contribution in [2.24, 2.45) is 0 Å². The van der Waals surface area contributed by atoms with Crippen LogP contribution in [0, 0.1) is 6.20 Å². The van der Waals surface area contributed by atoms with Gasteiger partial charge in [-0.1, -0.05) is 18.2 Å². The van der Waals surface area contributed by atoms with Gasteiger partial charge in [-0.25, -0.2) is 4.98 Å². The van der Waals surface area contributed by atoms with Crippen LogP contribution in [0.3, 0.4) is 0 Å². The lowest BCUT2D eigenvalue weighted by atomic mass is 10.5. The van der Waals surface area contributed by atoms with Gasteiger partial charge in [0.05, 0.1) is 11.2 Å². The van der Waals surface area contributed by atoms with Gasteiger partial charge in [-0.15, -0.1) is 0 Å². The summed E-state index contributed by atoms with van der Waals surface area (Å²) in [4.78, 5) is 4.16. The predicted molar refractivity (Wildman–Crippen MR) is 48.6 cm³/mol. The van der Waals surface area contributed by atoms with Gasteiger partial charge >= 0.3 is 0 Å². The summed E-state index contributed by atoms with van der Waals surface area (Å²) in [6.45, 7) is 0. The number of nitrogens with zero attached hydrogens (tertiary/aromatic N) is 1. The summed E-state index contributed by atoms with van der Waals surface area (Å²) in [5.41, 5.74) is 0. The first-order chi connectivity index (χ1) is 5.47. The predicted octanol–water partition coefficient (Wildman–Crippen LogP) is 2.28. The van der Waals surface area contributed by atoms with Crippen LogP contribution >= 0.6 is 10.9 Å². The molecule has 1 aliphatic rings. The van der Waals surface area contributed by atoms with E-state index in [9.17, 15) is 0 Å². The van der Waals surface area contributed by atoms with Crippen LogP contribution in [0.4, 0.5) is 0 Å². The molecule has 0 amide bonds. The highest BCUT2D eigenvalue weighted by Gasteiger charge is 2.01. The molecule has 0 unspecified atom stereocenters. The molecule has 2 rings (SSSR count). The first-order valence-electron chi connectivity index (χ1n) is 3.43. The number of hydrogen-bond donors (Lipinski definition) is 1. The van der Waals surface area contributed by atoms with E-state index >= 15 is 0 Å². The molecule has 11 heavy (non-hydrogen) atoms. The highest BCUT2D eigenvalue weighted by Crippen LogP contribution is 2.39. The molecule has 0 saturated heterocycles. The number of aromatic nitrogens is 1. The van der Waals surface area contributed by atoms with Crippen LogP contribution < -0.4 is 0 Å². The highest BCUT2D eigenvalue weighted by atomic mass is 32.2. The zero-order valence-corrected chi connectivity index (χ0v) is 6.83. The van der Waals surface area contributed by atoms with Gasteiger partial charge < -0.3 is 0 Å². The van der Waals surface area contributed by atoms with Crippen LogP contribution in [0.5, 0.6) is 0 Å². The van der Waals surface area contributed by atoms with Crippen LogP contribution in [0.2, 0.25) is 0 Å². The molecule has 0 aliphatic carbocycles. The summed E-state index contributed by atoms with van der Waals surface area (Å²) in [5, 5.41) is 5.50. The Balaban J connectivity index is 2.30. The lowest BCUT2D eigenvalue weighted by Crippen LogP contribution is -1.78. The third-order valence-electron chi connectivity index (χ3n) is 1.46. The quantitative estimate of drug-likeness (QED) is 0.625.